The highest BCUT2D eigenvalue weighted by Gasteiger charge is 2.36. The number of amides is 2. The van der Waals surface area contributed by atoms with Gasteiger partial charge in [-0.3, -0.25) is 9.59 Å². The van der Waals surface area contributed by atoms with E-state index in [2.05, 4.69) is 10.3 Å². The van der Waals surface area contributed by atoms with Crippen molar-refractivity contribution in [1.29, 1.82) is 0 Å². The van der Waals surface area contributed by atoms with Gasteiger partial charge in [-0.2, -0.15) is 0 Å². The summed E-state index contributed by atoms with van der Waals surface area (Å²) in [6, 6.07) is -0.251. The summed E-state index contributed by atoms with van der Waals surface area (Å²) in [5.74, 6) is -0.193. The summed E-state index contributed by atoms with van der Waals surface area (Å²) < 4.78 is 15.3. The van der Waals surface area contributed by atoms with Gasteiger partial charge in [0.2, 0.25) is 5.91 Å². The molecule has 3 rings (SSSR count). The summed E-state index contributed by atoms with van der Waals surface area (Å²) in [5, 5.41) is 7.52. The Morgan fingerprint density at radius 3 is 2.71 bits per heavy atom. The lowest BCUT2D eigenvalue weighted by atomic mass is 9.86. The van der Waals surface area contributed by atoms with E-state index in [0.717, 1.165) is 12.8 Å². The van der Waals surface area contributed by atoms with Gasteiger partial charge in [-0.05, 0) is 18.8 Å². The van der Waals surface area contributed by atoms with Gasteiger partial charge in [0.25, 0.3) is 5.91 Å². The third-order valence-corrected chi connectivity index (χ3v) is 5.06. The van der Waals surface area contributed by atoms with Crippen molar-refractivity contribution in [3.05, 3.63) is 11.9 Å². The lowest BCUT2D eigenvalue weighted by molar-refractivity contribution is -0.133. The van der Waals surface area contributed by atoms with E-state index in [9.17, 15) is 14.0 Å². The van der Waals surface area contributed by atoms with E-state index in [1.54, 1.807) is 4.90 Å². The average molecular weight is 337 g/mol. The lowest BCUT2D eigenvalue weighted by Crippen LogP contribution is -2.39. The molecule has 2 N–H and O–H groups in total. The molecule has 1 aliphatic carbocycles. The molecular formula is C16H24FN5O2. The second kappa shape index (κ2) is 7.27. The van der Waals surface area contributed by atoms with Gasteiger partial charge >= 0.3 is 0 Å². The maximum absolute atomic E-state index is 13.9. The van der Waals surface area contributed by atoms with Crippen LogP contribution in [-0.2, 0) is 11.3 Å². The first-order chi connectivity index (χ1) is 11.5. The van der Waals surface area contributed by atoms with Gasteiger partial charge in [0.05, 0.1) is 25.3 Å². The number of rotatable bonds is 5. The van der Waals surface area contributed by atoms with Crippen LogP contribution in [0.15, 0.2) is 6.20 Å². The fraction of sp³-hybridized carbons (Fsp3) is 0.750. The zero-order valence-electron chi connectivity index (χ0n) is 13.7. The van der Waals surface area contributed by atoms with E-state index in [1.807, 2.05) is 0 Å². The predicted molar refractivity (Wildman–Crippen MR) is 84.7 cm³/mol. The molecule has 0 spiro atoms. The van der Waals surface area contributed by atoms with Gasteiger partial charge in [0, 0.05) is 12.8 Å². The summed E-state index contributed by atoms with van der Waals surface area (Å²) in [4.78, 5) is 25.3. The molecule has 7 nitrogen and oxygen atoms in total. The molecular weight excluding hydrogens is 313 g/mol. The van der Waals surface area contributed by atoms with Crippen molar-refractivity contribution in [2.24, 2.45) is 11.7 Å². The molecule has 2 heterocycles. The largest absolute Gasteiger partial charge is 0.364 e. The van der Waals surface area contributed by atoms with Crippen LogP contribution in [0.1, 0.15) is 55.4 Å². The average Bonchev–Trinajstić information content (AvgIpc) is 3.15. The minimum absolute atomic E-state index is 0.0299. The minimum atomic E-state index is -1.01. The van der Waals surface area contributed by atoms with Crippen LogP contribution < -0.4 is 5.73 Å². The van der Waals surface area contributed by atoms with Crippen LogP contribution in [0, 0.1) is 5.92 Å². The summed E-state index contributed by atoms with van der Waals surface area (Å²) in [5.41, 5.74) is 5.23. The van der Waals surface area contributed by atoms with Gasteiger partial charge in [-0.15, -0.1) is 5.10 Å². The monoisotopic (exact) mass is 337 g/mol. The van der Waals surface area contributed by atoms with Crippen LogP contribution in [0.2, 0.25) is 0 Å². The van der Waals surface area contributed by atoms with Gasteiger partial charge in [-0.25, -0.2) is 9.07 Å². The van der Waals surface area contributed by atoms with Crippen LogP contribution in [-0.4, -0.2) is 50.5 Å². The minimum Gasteiger partial charge on any atom is -0.364 e. The highest BCUT2D eigenvalue weighted by molar-refractivity contribution is 5.90. The zero-order valence-corrected chi connectivity index (χ0v) is 13.7. The Balaban J connectivity index is 1.62. The maximum Gasteiger partial charge on any atom is 0.270 e. The third kappa shape index (κ3) is 3.91. The Morgan fingerprint density at radius 2 is 2.04 bits per heavy atom. The highest BCUT2D eigenvalue weighted by atomic mass is 19.1. The van der Waals surface area contributed by atoms with Crippen LogP contribution >= 0.6 is 0 Å². The first kappa shape index (κ1) is 16.9. The number of likely N-dealkylation sites (tertiary alicyclic amines) is 1. The molecule has 1 aliphatic heterocycles. The molecule has 24 heavy (non-hydrogen) atoms. The highest BCUT2D eigenvalue weighted by Crippen LogP contribution is 2.29. The molecule has 0 radical (unpaired) electrons. The van der Waals surface area contributed by atoms with Gasteiger partial charge in [0.1, 0.15) is 6.17 Å². The lowest BCUT2D eigenvalue weighted by Gasteiger charge is -2.27. The third-order valence-electron chi connectivity index (χ3n) is 5.06. The summed E-state index contributed by atoms with van der Waals surface area (Å²) in [6.45, 7) is 0.477. The number of carbonyl (C=O) groups is 2. The van der Waals surface area contributed by atoms with Crippen molar-refractivity contribution < 1.29 is 14.0 Å². The molecule has 2 fully saturated rings. The van der Waals surface area contributed by atoms with E-state index < -0.39 is 12.1 Å². The number of nitrogens with two attached hydrogens (primary N) is 1. The Bertz CT molecular complexity index is 599. The number of nitrogens with zero attached hydrogens (tertiary/aromatic N) is 4. The first-order valence-electron chi connectivity index (χ1n) is 8.66. The molecule has 0 bridgehead atoms. The van der Waals surface area contributed by atoms with Crippen LogP contribution in [0.4, 0.5) is 4.39 Å². The fourth-order valence-corrected chi connectivity index (χ4v) is 3.81. The number of hydrogen-bond acceptors (Lipinski definition) is 4. The molecule has 1 saturated carbocycles. The molecule has 1 aromatic rings. The van der Waals surface area contributed by atoms with Gasteiger partial charge in [-0.1, -0.05) is 24.5 Å². The van der Waals surface area contributed by atoms with Crippen molar-refractivity contribution in [1.82, 2.24) is 19.9 Å². The van der Waals surface area contributed by atoms with Crippen molar-refractivity contribution >= 4 is 11.8 Å². The smallest absolute Gasteiger partial charge is 0.270 e. The van der Waals surface area contributed by atoms with Crippen molar-refractivity contribution in [3.8, 4) is 0 Å². The van der Waals surface area contributed by atoms with E-state index in [1.165, 1.54) is 30.1 Å². The van der Waals surface area contributed by atoms with Crippen molar-refractivity contribution in [2.75, 3.05) is 6.54 Å². The molecule has 1 saturated heterocycles. The normalized spacial score (nSPS) is 25.1. The summed E-state index contributed by atoms with van der Waals surface area (Å²) in [6.07, 6.45) is 7.03. The van der Waals surface area contributed by atoms with Gasteiger partial charge < -0.3 is 10.6 Å². The molecule has 2 amide bonds. The van der Waals surface area contributed by atoms with Crippen molar-refractivity contribution in [3.63, 3.8) is 0 Å². The molecule has 8 heteroatoms. The first-order valence-corrected chi connectivity index (χ1v) is 8.66. The van der Waals surface area contributed by atoms with Crippen LogP contribution in [0.3, 0.4) is 0 Å². The molecule has 2 aliphatic rings. The number of hydrogen-bond donors (Lipinski definition) is 1. The maximum atomic E-state index is 13.9. The van der Waals surface area contributed by atoms with E-state index >= 15 is 0 Å². The second-order valence-corrected chi connectivity index (χ2v) is 6.93. The molecule has 2 atom stereocenters. The number of aromatic nitrogens is 3. The van der Waals surface area contributed by atoms with Gasteiger partial charge in [0.15, 0.2) is 5.69 Å². The summed E-state index contributed by atoms with van der Waals surface area (Å²) >= 11 is 0. The Morgan fingerprint density at radius 1 is 1.29 bits per heavy atom. The topological polar surface area (TPSA) is 94.1 Å². The molecule has 1 aromatic heterocycles. The molecule has 0 aromatic carbocycles. The van der Waals surface area contributed by atoms with Crippen LogP contribution in [0.5, 0.6) is 0 Å². The zero-order chi connectivity index (χ0) is 17.1. The molecule has 2 unspecified atom stereocenters. The van der Waals surface area contributed by atoms with E-state index in [0.29, 0.717) is 25.3 Å². The van der Waals surface area contributed by atoms with Crippen LogP contribution in [0.25, 0.3) is 0 Å². The Labute approximate surface area is 140 Å². The summed E-state index contributed by atoms with van der Waals surface area (Å²) in [7, 11) is 0. The van der Waals surface area contributed by atoms with E-state index in [-0.39, 0.29) is 24.2 Å². The standard InChI is InChI=1S/C16H24FN5O2/c17-12-7-13(9-21-10-14(16(18)24)19-20-21)22(8-12)15(23)6-11-4-2-1-3-5-11/h10-13H,1-9H2,(H2,18,24). The SMILES string of the molecule is NC(=O)c1cn(CC2CC(F)CN2C(=O)CC2CCCCC2)nn1. The number of alkyl halides is 1. The number of primary amides is 1. The predicted octanol–water partition coefficient (Wildman–Crippen LogP) is 1.29. The fourth-order valence-electron chi connectivity index (χ4n) is 3.81. The van der Waals surface area contributed by atoms with Crippen molar-refractivity contribution in [2.45, 2.75) is 63.7 Å². The second-order valence-electron chi connectivity index (χ2n) is 6.93. The quantitative estimate of drug-likeness (QED) is 0.876. The van der Waals surface area contributed by atoms with E-state index in [4.69, 9.17) is 5.73 Å². The molecule has 132 valence electrons. The Hall–Kier alpha value is -1.99. The number of halogens is 1. The Kier molecular flexibility index (Phi) is 5.11. The number of carbonyl (C=O) groups excluding carboxylic acids is 2.